The number of hydrogen-bond acceptors (Lipinski definition) is 3. The average molecular weight is 246 g/mol. The van der Waals surface area contributed by atoms with Crippen LogP contribution in [0.1, 0.15) is 24.8 Å². The van der Waals surface area contributed by atoms with E-state index in [1.54, 1.807) is 11.8 Å². The lowest BCUT2D eigenvalue weighted by Crippen LogP contribution is -2.29. The Morgan fingerprint density at radius 3 is 2.76 bits per heavy atom. The maximum Gasteiger partial charge on any atom is 0.102 e. The summed E-state index contributed by atoms with van der Waals surface area (Å²) >= 11 is 1.64. The average Bonchev–Trinajstić information content (AvgIpc) is 2.32. The Morgan fingerprint density at radius 1 is 1.47 bits per heavy atom. The van der Waals surface area contributed by atoms with Gasteiger partial charge >= 0.3 is 0 Å². The Balaban J connectivity index is 2.21. The molecule has 0 unspecified atom stereocenters. The normalized spacial score (nSPS) is 15.1. The van der Waals surface area contributed by atoms with E-state index in [2.05, 4.69) is 24.1 Å². The van der Waals surface area contributed by atoms with Crippen LogP contribution in [0, 0.1) is 17.2 Å². The highest BCUT2D eigenvalue weighted by molar-refractivity contribution is 7.98. The Kier molecular flexibility index (Phi) is 3.96. The molecule has 0 N–H and O–H groups in total. The fourth-order valence-corrected chi connectivity index (χ4v) is 2.85. The highest BCUT2D eigenvalue weighted by atomic mass is 32.2. The van der Waals surface area contributed by atoms with Crippen LogP contribution in [0.25, 0.3) is 0 Å². The summed E-state index contributed by atoms with van der Waals surface area (Å²) in [5.41, 5.74) is 1.90. The third-order valence-electron chi connectivity index (χ3n) is 3.50. The van der Waals surface area contributed by atoms with Crippen LogP contribution in [0.5, 0.6) is 0 Å². The second-order valence-corrected chi connectivity index (χ2v) is 5.49. The maximum atomic E-state index is 9.29. The molecule has 3 heteroatoms. The molecular formula is C14H18N2S. The van der Waals surface area contributed by atoms with E-state index in [-0.39, 0.29) is 0 Å². The maximum absolute atomic E-state index is 9.29. The molecule has 2 nitrogen and oxygen atoms in total. The van der Waals surface area contributed by atoms with Crippen molar-refractivity contribution in [3.63, 3.8) is 0 Å². The Labute approximate surface area is 108 Å². The number of benzene rings is 1. The van der Waals surface area contributed by atoms with Crippen LogP contribution in [0.2, 0.25) is 0 Å². The Morgan fingerprint density at radius 2 is 2.24 bits per heavy atom. The van der Waals surface area contributed by atoms with Gasteiger partial charge in [-0.25, -0.2) is 0 Å². The number of thioether (sulfide) groups is 1. The third-order valence-corrected chi connectivity index (χ3v) is 4.28. The molecule has 0 radical (unpaired) electrons. The predicted molar refractivity (Wildman–Crippen MR) is 73.5 cm³/mol. The van der Waals surface area contributed by atoms with Crippen LogP contribution in [-0.4, -0.2) is 19.8 Å². The molecular weight excluding hydrogens is 228 g/mol. The van der Waals surface area contributed by atoms with E-state index < -0.39 is 0 Å². The highest BCUT2D eigenvalue weighted by Crippen LogP contribution is 2.32. The van der Waals surface area contributed by atoms with E-state index in [4.69, 9.17) is 0 Å². The van der Waals surface area contributed by atoms with E-state index in [1.165, 1.54) is 19.3 Å². The zero-order valence-corrected chi connectivity index (χ0v) is 11.3. The van der Waals surface area contributed by atoms with Crippen LogP contribution in [0.15, 0.2) is 23.1 Å². The topological polar surface area (TPSA) is 27.0 Å². The largest absolute Gasteiger partial charge is 0.373 e. The highest BCUT2D eigenvalue weighted by Gasteiger charge is 2.20. The first-order chi connectivity index (χ1) is 8.26. The summed E-state index contributed by atoms with van der Waals surface area (Å²) in [7, 11) is 2.10. The van der Waals surface area contributed by atoms with Gasteiger partial charge in [0.15, 0.2) is 0 Å². The molecule has 1 saturated carbocycles. The molecule has 0 heterocycles. The molecule has 0 bridgehead atoms. The van der Waals surface area contributed by atoms with Crippen molar-refractivity contribution in [2.24, 2.45) is 5.92 Å². The van der Waals surface area contributed by atoms with Crippen molar-refractivity contribution in [2.45, 2.75) is 24.2 Å². The van der Waals surface area contributed by atoms with Crippen molar-refractivity contribution >= 4 is 17.4 Å². The minimum atomic E-state index is 0.821. The number of anilines is 1. The summed E-state index contributed by atoms with van der Waals surface area (Å²) in [6.07, 6.45) is 6.07. The molecule has 1 aliphatic rings. The molecule has 0 aliphatic heterocycles. The molecule has 1 aromatic rings. The van der Waals surface area contributed by atoms with Crippen LogP contribution in [0.4, 0.5) is 5.69 Å². The van der Waals surface area contributed by atoms with Crippen molar-refractivity contribution in [1.82, 2.24) is 0 Å². The van der Waals surface area contributed by atoms with Gasteiger partial charge in [-0.3, -0.25) is 0 Å². The van der Waals surface area contributed by atoms with Gasteiger partial charge in [-0.2, -0.15) is 5.26 Å². The van der Waals surface area contributed by atoms with Gasteiger partial charge in [-0.15, -0.1) is 11.8 Å². The van der Waals surface area contributed by atoms with Gasteiger partial charge in [0.05, 0.1) is 11.3 Å². The van der Waals surface area contributed by atoms with Crippen molar-refractivity contribution < 1.29 is 0 Å². The Hall–Kier alpha value is -1.14. The van der Waals surface area contributed by atoms with Gasteiger partial charge in [0.2, 0.25) is 0 Å². The zero-order valence-electron chi connectivity index (χ0n) is 10.4. The summed E-state index contributed by atoms with van der Waals surface area (Å²) in [6.45, 7) is 1.08. The third kappa shape index (κ3) is 2.58. The molecule has 0 amide bonds. The lowest BCUT2D eigenvalue weighted by atomic mass is 9.85. The van der Waals surface area contributed by atoms with Gasteiger partial charge in [0, 0.05) is 18.5 Å². The second kappa shape index (κ2) is 5.46. The summed E-state index contributed by atoms with van der Waals surface area (Å²) in [5.74, 6) is 0.824. The first-order valence-corrected chi connectivity index (χ1v) is 7.27. The summed E-state index contributed by atoms with van der Waals surface area (Å²) in [5, 5.41) is 9.29. The molecule has 0 saturated heterocycles. The van der Waals surface area contributed by atoms with E-state index in [0.717, 1.165) is 28.6 Å². The predicted octanol–water partition coefficient (Wildman–Crippen LogP) is 3.52. The summed E-state index contributed by atoms with van der Waals surface area (Å²) in [4.78, 5) is 3.31. The lowest BCUT2D eigenvalue weighted by Gasteiger charge is -2.31. The standard InChI is InChI=1S/C14H18N2S/c1-16(10-11-5-3-6-11)13-7-4-8-14(17-2)12(13)9-15/h4,7-8,11H,3,5-6,10H2,1-2H3. The van der Waals surface area contributed by atoms with Crippen molar-refractivity contribution in [2.75, 3.05) is 24.7 Å². The van der Waals surface area contributed by atoms with Crippen molar-refractivity contribution in [3.8, 4) is 6.07 Å². The van der Waals surface area contributed by atoms with E-state index >= 15 is 0 Å². The van der Waals surface area contributed by atoms with Gasteiger partial charge in [-0.1, -0.05) is 12.5 Å². The van der Waals surface area contributed by atoms with Gasteiger partial charge in [-0.05, 0) is 37.1 Å². The van der Waals surface area contributed by atoms with Gasteiger partial charge in [0.25, 0.3) is 0 Å². The molecule has 0 aromatic heterocycles. The fraction of sp³-hybridized carbons (Fsp3) is 0.500. The minimum Gasteiger partial charge on any atom is -0.373 e. The number of nitriles is 1. The lowest BCUT2D eigenvalue weighted by molar-refractivity contribution is 0.321. The van der Waals surface area contributed by atoms with Gasteiger partial charge in [0.1, 0.15) is 6.07 Å². The monoisotopic (exact) mass is 246 g/mol. The number of nitrogens with zero attached hydrogens (tertiary/aromatic N) is 2. The molecule has 90 valence electrons. The van der Waals surface area contributed by atoms with Crippen LogP contribution in [-0.2, 0) is 0 Å². The molecule has 1 aliphatic carbocycles. The van der Waals surface area contributed by atoms with Crippen molar-refractivity contribution in [1.29, 1.82) is 5.26 Å². The Bertz CT molecular complexity index is 432. The molecule has 0 atom stereocenters. The van der Waals surface area contributed by atoms with Crippen LogP contribution < -0.4 is 4.90 Å². The SMILES string of the molecule is CSc1cccc(N(C)CC2CCC2)c1C#N. The second-order valence-electron chi connectivity index (χ2n) is 4.64. The van der Waals surface area contributed by atoms with Crippen LogP contribution in [0.3, 0.4) is 0 Å². The fourth-order valence-electron chi connectivity index (χ4n) is 2.28. The molecule has 2 rings (SSSR count). The van der Waals surface area contributed by atoms with E-state index in [1.807, 2.05) is 18.4 Å². The first-order valence-electron chi connectivity index (χ1n) is 6.04. The minimum absolute atomic E-state index is 0.821. The first kappa shape index (κ1) is 12.3. The molecule has 1 fully saturated rings. The number of hydrogen-bond donors (Lipinski definition) is 0. The smallest absolute Gasteiger partial charge is 0.102 e. The zero-order chi connectivity index (χ0) is 12.3. The van der Waals surface area contributed by atoms with E-state index in [0.29, 0.717) is 0 Å². The molecule has 1 aromatic carbocycles. The number of rotatable bonds is 4. The molecule has 17 heavy (non-hydrogen) atoms. The van der Waals surface area contributed by atoms with Crippen LogP contribution >= 0.6 is 11.8 Å². The van der Waals surface area contributed by atoms with E-state index in [9.17, 15) is 5.26 Å². The molecule has 0 spiro atoms. The van der Waals surface area contributed by atoms with Crippen molar-refractivity contribution in [3.05, 3.63) is 23.8 Å². The summed E-state index contributed by atoms with van der Waals surface area (Å²) < 4.78 is 0. The summed E-state index contributed by atoms with van der Waals surface area (Å²) in [6, 6.07) is 8.45. The van der Waals surface area contributed by atoms with Gasteiger partial charge < -0.3 is 4.90 Å². The quantitative estimate of drug-likeness (QED) is 0.761.